The molecule has 1 aliphatic rings. The van der Waals surface area contributed by atoms with Crippen LogP contribution in [0.25, 0.3) is 16.9 Å². The van der Waals surface area contributed by atoms with Crippen molar-refractivity contribution in [3.8, 4) is 11.3 Å². The molecule has 1 atom stereocenters. The van der Waals surface area contributed by atoms with Crippen molar-refractivity contribution in [3.05, 3.63) is 53.6 Å². The summed E-state index contributed by atoms with van der Waals surface area (Å²) in [5.74, 6) is -0.898. The largest absolute Gasteiger partial charge is 0.453 e. The number of methoxy groups -OCH3 is 1. The maximum atomic E-state index is 15.1. The number of nitrogens with zero attached hydrogens (tertiary/aromatic N) is 3. The summed E-state index contributed by atoms with van der Waals surface area (Å²) >= 11 is 1.59. The fraction of sp³-hybridized carbons (Fsp3) is 0.348. The van der Waals surface area contributed by atoms with E-state index in [0.29, 0.717) is 43.0 Å². The molecule has 0 spiro atoms. The molecule has 10 heteroatoms. The zero-order valence-electron chi connectivity index (χ0n) is 18.6. The summed E-state index contributed by atoms with van der Waals surface area (Å²) in [4.78, 5) is 31.3. The number of hydrogen-bond donors (Lipinski definition) is 1. The van der Waals surface area contributed by atoms with Crippen LogP contribution in [0.4, 0.5) is 9.18 Å². The third kappa shape index (κ3) is 4.67. The second kappa shape index (κ2) is 9.80. The molecule has 0 aliphatic carbocycles. The second-order valence-corrected chi connectivity index (χ2v) is 8.47. The Bertz CT molecular complexity index is 1200. The van der Waals surface area contributed by atoms with E-state index in [4.69, 9.17) is 14.5 Å². The highest BCUT2D eigenvalue weighted by molar-refractivity contribution is 7.98. The number of halogens is 1. The molecule has 3 heterocycles. The van der Waals surface area contributed by atoms with Crippen LogP contribution < -0.4 is 5.32 Å². The molecule has 4 rings (SSSR count). The van der Waals surface area contributed by atoms with Gasteiger partial charge in [0.25, 0.3) is 5.91 Å². The highest BCUT2D eigenvalue weighted by atomic mass is 32.2. The summed E-state index contributed by atoms with van der Waals surface area (Å²) < 4.78 is 27.8. The zero-order valence-corrected chi connectivity index (χ0v) is 19.4. The van der Waals surface area contributed by atoms with Crippen LogP contribution >= 0.6 is 11.8 Å². The van der Waals surface area contributed by atoms with Crippen molar-refractivity contribution < 1.29 is 23.5 Å². The van der Waals surface area contributed by atoms with Crippen LogP contribution in [0.2, 0.25) is 0 Å². The van der Waals surface area contributed by atoms with Crippen LogP contribution in [0.3, 0.4) is 0 Å². The number of nitrogens with one attached hydrogen (secondary N) is 1. The minimum Gasteiger partial charge on any atom is -0.453 e. The average Bonchev–Trinajstić information content (AvgIpc) is 3.19. The van der Waals surface area contributed by atoms with Gasteiger partial charge in [0.05, 0.1) is 37.8 Å². The van der Waals surface area contributed by atoms with Crippen LogP contribution in [0.1, 0.15) is 16.1 Å². The molecule has 1 aliphatic heterocycles. The minimum absolute atomic E-state index is 0.234. The Balaban J connectivity index is 1.76. The molecule has 2 aromatic heterocycles. The van der Waals surface area contributed by atoms with Gasteiger partial charge < -0.3 is 24.1 Å². The van der Waals surface area contributed by atoms with Crippen molar-refractivity contribution >= 4 is 29.4 Å². The van der Waals surface area contributed by atoms with E-state index in [9.17, 15) is 9.59 Å². The van der Waals surface area contributed by atoms with Crippen LogP contribution in [0.5, 0.6) is 0 Å². The first kappa shape index (κ1) is 23.1. The van der Waals surface area contributed by atoms with Gasteiger partial charge in [0, 0.05) is 42.2 Å². The molecular weight excluding hydrogens is 447 g/mol. The van der Waals surface area contributed by atoms with E-state index in [-0.39, 0.29) is 17.6 Å². The number of aromatic nitrogens is 2. The lowest BCUT2D eigenvalue weighted by atomic mass is 10.0. The van der Waals surface area contributed by atoms with Crippen molar-refractivity contribution in [2.75, 3.05) is 40.1 Å². The Morgan fingerprint density at radius 1 is 1.33 bits per heavy atom. The van der Waals surface area contributed by atoms with Gasteiger partial charge in [0.1, 0.15) is 11.5 Å². The van der Waals surface area contributed by atoms with Gasteiger partial charge in [-0.2, -0.15) is 0 Å². The number of carbonyl (C=O) groups is 2. The van der Waals surface area contributed by atoms with E-state index in [2.05, 4.69) is 5.32 Å². The van der Waals surface area contributed by atoms with E-state index in [0.717, 1.165) is 10.6 Å². The van der Waals surface area contributed by atoms with Gasteiger partial charge in [0.15, 0.2) is 0 Å². The van der Waals surface area contributed by atoms with E-state index in [1.807, 2.05) is 29.0 Å². The SMILES string of the molecule is CNC(=O)c1ccc(-c2nc3cc(SC)ccn3c2C[C@H]2CN(C(=O)OC)CCO2)c(F)c1. The molecule has 2 amide bonds. The zero-order chi connectivity index (χ0) is 23.5. The van der Waals surface area contributed by atoms with Crippen molar-refractivity contribution in [2.45, 2.75) is 17.4 Å². The van der Waals surface area contributed by atoms with Gasteiger partial charge in [0.2, 0.25) is 0 Å². The summed E-state index contributed by atoms with van der Waals surface area (Å²) in [5, 5.41) is 2.50. The summed E-state index contributed by atoms with van der Waals surface area (Å²) in [6.07, 6.45) is 3.60. The van der Waals surface area contributed by atoms with Crippen LogP contribution in [-0.2, 0) is 15.9 Å². The molecule has 1 aromatic carbocycles. The molecule has 174 valence electrons. The third-order valence-electron chi connectivity index (χ3n) is 5.64. The van der Waals surface area contributed by atoms with Crippen molar-refractivity contribution in [3.63, 3.8) is 0 Å². The van der Waals surface area contributed by atoms with Crippen molar-refractivity contribution in [1.29, 1.82) is 0 Å². The number of thioether (sulfide) groups is 1. The van der Waals surface area contributed by atoms with Crippen molar-refractivity contribution in [1.82, 2.24) is 19.6 Å². The highest BCUT2D eigenvalue weighted by Crippen LogP contribution is 2.30. The van der Waals surface area contributed by atoms with E-state index in [1.54, 1.807) is 28.8 Å². The van der Waals surface area contributed by atoms with E-state index >= 15 is 4.39 Å². The number of imidazole rings is 1. The normalized spacial score (nSPS) is 16.1. The maximum Gasteiger partial charge on any atom is 0.409 e. The van der Waals surface area contributed by atoms with Gasteiger partial charge in [-0.1, -0.05) is 0 Å². The molecule has 3 aromatic rings. The van der Waals surface area contributed by atoms with E-state index in [1.165, 1.54) is 20.2 Å². The summed E-state index contributed by atoms with van der Waals surface area (Å²) in [6, 6.07) is 8.28. The van der Waals surface area contributed by atoms with Crippen LogP contribution in [-0.4, -0.2) is 72.5 Å². The lowest BCUT2D eigenvalue weighted by Gasteiger charge is -2.32. The quantitative estimate of drug-likeness (QED) is 0.574. The fourth-order valence-electron chi connectivity index (χ4n) is 3.96. The standard InChI is InChI=1S/C23H25FN4O4S/c1-25-22(29)14-4-5-17(18(24)10-14)21-19(28-7-6-16(33-3)12-20(28)26-21)11-15-13-27(8-9-32-15)23(30)31-2/h4-7,10,12,15H,8-9,11,13H2,1-3H3,(H,25,29)/t15-/m0/s1. The lowest BCUT2D eigenvalue weighted by molar-refractivity contribution is -0.0241. The second-order valence-electron chi connectivity index (χ2n) is 7.59. The number of carbonyl (C=O) groups excluding carboxylic acids is 2. The first-order valence-electron chi connectivity index (χ1n) is 10.5. The van der Waals surface area contributed by atoms with Gasteiger partial charge in [-0.15, -0.1) is 11.8 Å². The van der Waals surface area contributed by atoms with Gasteiger partial charge >= 0.3 is 6.09 Å². The highest BCUT2D eigenvalue weighted by Gasteiger charge is 2.28. The monoisotopic (exact) mass is 472 g/mol. The number of morpholine rings is 1. The first-order chi connectivity index (χ1) is 15.9. The molecule has 8 nitrogen and oxygen atoms in total. The van der Waals surface area contributed by atoms with E-state index < -0.39 is 11.9 Å². The molecule has 1 saturated heterocycles. The fourth-order valence-corrected chi connectivity index (χ4v) is 4.38. The Labute approximate surface area is 195 Å². The number of amides is 2. The molecule has 1 fully saturated rings. The summed E-state index contributed by atoms with van der Waals surface area (Å²) in [7, 11) is 2.85. The Kier molecular flexibility index (Phi) is 6.85. The average molecular weight is 473 g/mol. The Hall–Kier alpha value is -3.11. The van der Waals surface area contributed by atoms with Crippen LogP contribution in [0.15, 0.2) is 41.4 Å². The Morgan fingerprint density at radius 3 is 2.85 bits per heavy atom. The van der Waals surface area contributed by atoms with Gasteiger partial charge in [-0.25, -0.2) is 14.2 Å². The minimum atomic E-state index is -0.536. The number of fused-ring (bicyclic) bond motifs is 1. The molecule has 0 radical (unpaired) electrons. The lowest BCUT2D eigenvalue weighted by Crippen LogP contribution is -2.46. The van der Waals surface area contributed by atoms with Gasteiger partial charge in [-0.3, -0.25) is 4.79 Å². The number of rotatable bonds is 5. The maximum absolute atomic E-state index is 15.1. The molecule has 33 heavy (non-hydrogen) atoms. The summed E-state index contributed by atoms with van der Waals surface area (Å²) in [5.41, 5.74) is 2.46. The predicted octanol–water partition coefficient (Wildman–Crippen LogP) is 3.23. The third-order valence-corrected chi connectivity index (χ3v) is 6.36. The number of hydrogen-bond acceptors (Lipinski definition) is 6. The smallest absolute Gasteiger partial charge is 0.409 e. The summed E-state index contributed by atoms with van der Waals surface area (Å²) in [6.45, 7) is 1.20. The topological polar surface area (TPSA) is 85.2 Å². The molecule has 1 N–H and O–H groups in total. The molecule has 0 bridgehead atoms. The predicted molar refractivity (Wildman–Crippen MR) is 123 cm³/mol. The first-order valence-corrected chi connectivity index (χ1v) is 11.7. The van der Waals surface area contributed by atoms with Crippen molar-refractivity contribution in [2.24, 2.45) is 0 Å². The number of ether oxygens (including phenoxy) is 2. The van der Waals surface area contributed by atoms with Crippen LogP contribution in [0, 0.1) is 5.82 Å². The number of benzene rings is 1. The number of pyridine rings is 1. The molecule has 0 unspecified atom stereocenters. The van der Waals surface area contributed by atoms with Gasteiger partial charge in [-0.05, 0) is 36.6 Å². The molecular formula is C23H25FN4O4S. The Morgan fingerprint density at radius 2 is 2.15 bits per heavy atom. The molecule has 0 saturated carbocycles.